The maximum atomic E-state index is 11.8. The van der Waals surface area contributed by atoms with E-state index < -0.39 is 0 Å². The van der Waals surface area contributed by atoms with E-state index in [4.69, 9.17) is 4.74 Å². The fourth-order valence-electron chi connectivity index (χ4n) is 2.25. The predicted molar refractivity (Wildman–Crippen MR) is 93.0 cm³/mol. The van der Waals surface area contributed by atoms with E-state index in [0.29, 0.717) is 6.54 Å². The van der Waals surface area contributed by atoms with Gasteiger partial charge in [0.2, 0.25) is 0 Å². The largest absolute Gasteiger partial charge is 0.484 e. The molecule has 0 fully saturated rings. The highest BCUT2D eigenvalue weighted by Gasteiger charge is 2.06. The Morgan fingerprint density at radius 1 is 1.17 bits per heavy atom. The van der Waals surface area contributed by atoms with Crippen LogP contribution < -0.4 is 10.1 Å². The summed E-state index contributed by atoms with van der Waals surface area (Å²) < 4.78 is 6.70. The zero-order valence-electron chi connectivity index (χ0n) is 12.9. The Kier molecular flexibility index (Phi) is 4.88. The number of aryl methyl sites for hydroxylation is 1. The van der Waals surface area contributed by atoms with Crippen molar-refractivity contribution in [3.63, 3.8) is 0 Å². The van der Waals surface area contributed by atoms with Crippen molar-refractivity contribution in [2.24, 2.45) is 0 Å². The monoisotopic (exact) mass is 326 g/mol. The Morgan fingerprint density at radius 3 is 2.78 bits per heavy atom. The first-order chi connectivity index (χ1) is 11.2. The quantitative estimate of drug-likeness (QED) is 0.756. The van der Waals surface area contributed by atoms with Crippen molar-refractivity contribution in [2.45, 2.75) is 13.3 Å². The van der Waals surface area contributed by atoms with Crippen LogP contribution in [0.5, 0.6) is 5.75 Å². The van der Waals surface area contributed by atoms with Crippen LogP contribution in [-0.2, 0) is 11.2 Å². The topological polar surface area (TPSA) is 51.2 Å². The number of hydrogen-bond acceptors (Lipinski definition) is 4. The van der Waals surface area contributed by atoms with Gasteiger partial charge in [0.05, 0.1) is 15.2 Å². The van der Waals surface area contributed by atoms with Gasteiger partial charge in [0.15, 0.2) is 6.61 Å². The molecule has 0 spiro atoms. The molecule has 0 atom stereocenters. The van der Waals surface area contributed by atoms with Crippen molar-refractivity contribution in [1.82, 2.24) is 10.3 Å². The second kappa shape index (κ2) is 7.24. The zero-order valence-corrected chi connectivity index (χ0v) is 13.7. The third-order valence-electron chi connectivity index (χ3n) is 3.45. The molecule has 3 rings (SSSR count). The molecular formula is C18H18N2O2S. The summed E-state index contributed by atoms with van der Waals surface area (Å²) in [7, 11) is 0. The standard InChI is InChI=1S/C18H18N2O2S/c1-13-6-2-4-8-15(13)22-12-17(21)19-11-10-18-20-14-7-3-5-9-16(14)23-18/h2-9H,10-12H2,1H3,(H,19,21). The Balaban J connectivity index is 1.45. The molecule has 0 aliphatic heterocycles. The Bertz CT molecular complexity index is 780. The molecule has 1 N–H and O–H groups in total. The summed E-state index contributed by atoms with van der Waals surface area (Å²) in [6.07, 6.45) is 0.732. The molecule has 0 unspecified atom stereocenters. The van der Waals surface area contributed by atoms with Crippen LogP contribution >= 0.6 is 11.3 Å². The summed E-state index contributed by atoms with van der Waals surface area (Å²) >= 11 is 1.67. The number of nitrogens with zero attached hydrogens (tertiary/aromatic N) is 1. The first-order valence-electron chi connectivity index (χ1n) is 7.52. The molecule has 1 aromatic heterocycles. The summed E-state index contributed by atoms with van der Waals surface area (Å²) in [6, 6.07) is 15.7. The summed E-state index contributed by atoms with van der Waals surface area (Å²) in [6.45, 7) is 2.56. The number of benzene rings is 2. The van der Waals surface area contributed by atoms with Gasteiger partial charge in [-0.2, -0.15) is 0 Å². The number of carbonyl (C=O) groups is 1. The number of carbonyl (C=O) groups excluding carboxylic acids is 1. The maximum Gasteiger partial charge on any atom is 0.257 e. The molecule has 0 aliphatic carbocycles. The van der Waals surface area contributed by atoms with Crippen molar-refractivity contribution >= 4 is 27.5 Å². The van der Waals surface area contributed by atoms with Crippen molar-refractivity contribution in [3.05, 3.63) is 59.1 Å². The highest BCUT2D eigenvalue weighted by atomic mass is 32.1. The number of aromatic nitrogens is 1. The maximum absolute atomic E-state index is 11.8. The van der Waals surface area contributed by atoms with Crippen LogP contribution in [0.15, 0.2) is 48.5 Å². The van der Waals surface area contributed by atoms with Gasteiger partial charge in [0.25, 0.3) is 5.91 Å². The van der Waals surface area contributed by atoms with E-state index >= 15 is 0 Å². The molecule has 0 radical (unpaired) electrons. The fraction of sp³-hybridized carbons (Fsp3) is 0.222. The van der Waals surface area contributed by atoms with Crippen molar-refractivity contribution < 1.29 is 9.53 Å². The number of amides is 1. The lowest BCUT2D eigenvalue weighted by molar-refractivity contribution is -0.123. The summed E-state index contributed by atoms with van der Waals surface area (Å²) in [5.74, 6) is 0.628. The number of fused-ring (bicyclic) bond motifs is 1. The van der Waals surface area contributed by atoms with Crippen LogP contribution in [0.1, 0.15) is 10.6 Å². The lowest BCUT2D eigenvalue weighted by Gasteiger charge is -2.08. The second-order valence-electron chi connectivity index (χ2n) is 5.23. The van der Waals surface area contributed by atoms with Crippen molar-refractivity contribution in [1.29, 1.82) is 0 Å². The number of ether oxygens (including phenoxy) is 1. The van der Waals surface area contributed by atoms with E-state index in [1.165, 1.54) is 4.70 Å². The minimum absolute atomic E-state index is 0.0324. The number of hydrogen-bond donors (Lipinski definition) is 1. The highest BCUT2D eigenvalue weighted by Crippen LogP contribution is 2.21. The number of rotatable bonds is 6. The van der Waals surface area contributed by atoms with Crippen LogP contribution in [0.4, 0.5) is 0 Å². The molecule has 118 valence electrons. The normalized spacial score (nSPS) is 10.7. The summed E-state index contributed by atoms with van der Waals surface area (Å²) in [5, 5.41) is 3.90. The number of nitrogens with one attached hydrogen (secondary N) is 1. The van der Waals surface area contributed by atoms with Gasteiger partial charge in [0.1, 0.15) is 5.75 Å². The minimum atomic E-state index is -0.116. The summed E-state index contributed by atoms with van der Waals surface area (Å²) in [5.41, 5.74) is 2.04. The van der Waals surface area contributed by atoms with E-state index in [0.717, 1.165) is 28.3 Å². The van der Waals surface area contributed by atoms with Crippen molar-refractivity contribution in [3.8, 4) is 5.75 Å². The molecule has 23 heavy (non-hydrogen) atoms. The van der Waals surface area contributed by atoms with Gasteiger partial charge < -0.3 is 10.1 Å². The molecule has 0 aliphatic rings. The average Bonchev–Trinajstić information content (AvgIpc) is 2.97. The average molecular weight is 326 g/mol. The fourth-order valence-corrected chi connectivity index (χ4v) is 3.22. The Morgan fingerprint density at radius 2 is 1.96 bits per heavy atom. The molecule has 3 aromatic rings. The van der Waals surface area contributed by atoms with E-state index in [-0.39, 0.29) is 12.5 Å². The van der Waals surface area contributed by atoms with E-state index in [9.17, 15) is 4.79 Å². The first kappa shape index (κ1) is 15.5. The van der Waals surface area contributed by atoms with Gasteiger partial charge in [0, 0.05) is 13.0 Å². The smallest absolute Gasteiger partial charge is 0.257 e. The first-order valence-corrected chi connectivity index (χ1v) is 8.33. The van der Waals surface area contributed by atoms with Gasteiger partial charge in [-0.15, -0.1) is 11.3 Å². The lowest BCUT2D eigenvalue weighted by Crippen LogP contribution is -2.30. The zero-order chi connectivity index (χ0) is 16.1. The van der Waals surface area contributed by atoms with E-state index in [1.54, 1.807) is 11.3 Å². The van der Waals surface area contributed by atoms with Gasteiger partial charge >= 0.3 is 0 Å². The summed E-state index contributed by atoms with van der Waals surface area (Å²) in [4.78, 5) is 16.4. The van der Waals surface area contributed by atoms with Gasteiger partial charge in [-0.05, 0) is 30.7 Å². The molecule has 2 aromatic carbocycles. The predicted octanol–water partition coefficient (Wildman–Crippen LogP) is 3.34. The Hall–Kier alpha value is -2.40. The Labute approximate surface area is 139 Å². The van der Waals surface area contributed by atoms with Gasteiger partial charge in [-0.1, -0.05) is 30.3 Å². The SMILES string of the molecule is Cc1ccccc1OCC(=O)NCCc1nc2ccccc2s1. The molecule has 4 nitrogen and oxygen atoms in total. The molecule has 5 heteroatoms. The highest BCUT2D eigenvalue weighted by molar-refractivity contribution is 7.18. The van der Waals surface area contributed by atoms with Crippen LogP contribution in [0.2, 0.25) is 0 Å². The van der Waals surface area contributed by atoms with Crippen LogP contribution in [0.25, 0.3) is 10.2 Å². The van der Waals surface area contributed by atoms with Crippen molar-refractivity contribution in [2.75, 3.05) is 13.2 Å². The molecule has 0 saturated carbocycles. The van der Waals surface area contributed by atoms with Crippen LogP contribution in [0.3, 0.4) is 0 Å². The lowest BCUT2D eigenvalue weighted by atomic mass is 10.2. The molecule has 1 amide bonds. The van der Waals surface area contributed by atoms with Gasteiger partial charge in [-0.25, -0.2) is 4.98 Å². The molecule has 0 bridgehead atoms. The minimum Gasteiger partial charge on any atom is -0.484 e. The number of thiazole rings is 1. The molecule has 1 heterocycles. The van der Waals surface area contributed by atoms with Crippen LogP contribution in [0, 0.1) is 6.92 Å². The van der Waals surface area contributed by atoms with Gasteiger partial charge in [-0.3, -0.25) is 4.79 Å². The molecule has 0 saturated heterocycles. The second-order valence-corrected chi connectivity index (χ2v) is 6.34. The van der Waals surface area contributed by atoms with Crippen LogP contribution in [-0.4, -0.2) is 24.0 Å². The third kappa shape index (κ3) is 4.07. The van der Waals surface area contributed by atoms with E-state index in [1.807, 2.05) is 49.4 Å². The van der Waals surface area contributed by atoms with E-state index in [2.05, 4.69) is 16.4 Å². The molecular weight excluding hydrogens is 308 g/mol. The number of para-hydroxylation sites is 2. The third-order valence-corrected chi connectivity index (χ3v) is 4.55.